The van der Waals surface area contributed by atoms with Crippen LogP contribution in [0.3, 0.4) is 0 Å². The van der Waals surface area contributed by atoms with E-state index in [9.17, 15) is 9.50 Å². The van der Waals surface area contributed by atoms with E-state index in [2.05, 4.69) is 21.2 Å². The molecular formula is C13H10BrClFNO. The Morgan fingerprint density at radius 2 is 2.00 bits per heavy atom. The molecule has 94 valence electrons. The van der Waals surface area contributed by atoms with E-state index in [-0.39, 0.29) is 11.6 Å². The molecule has 0 fully saturated rings. The first kappa shape index (κ1) is 13.2. The van der Waals surface area contributed by atoms with Gasteiger partial charge in [0.15, 0.2) is 0 Å². The van der Waals surface area contributed by atoms with Gasteiger partial charge < -0.3 is 10.4 Å². The highest BCUT2D eigenvalue weighted by Gasteiger charge is 2.04. The van der Waals surface area contributed by atoms with Crippen molar-refractivity contribution in [3.05, 3.63) is 57.3 Å². The van der Waals surface area contributed by atoms with Gasteiger partial charge >= 0.3 is 0 Å². The molecule has 2 nitrogen and oxygen atoms in total. The van der Waals surface area contributed by atoms with Crippen LogP contribution < -0.4 is 5.32 Å². The summed E-state index contributed by atoms with van der Waals surface area (Å²) in [7, 11) is 0. The Balaban J connectivity index is 2.11. The van der Waals surface area contributed by atoms with Crippen LogP contribution >= 0.6 is 27.5 Å². The van der Waals surface area contributed by atoms with Crippen molar-refractivity contribution in [3.63, 3.8) is 0 Å². The van der Waals surface area contributed by atoms with Gasteiger partial charge in [0.05, 0.1) is 10.2 Å². The molecule has 0 saturated carbocycles. The third-order valence-corrected chi connectivity index (χ3v) is 3.29. The Morgan fingerprint density at radius 3 is 2.72 bits per heavy atom. The summed E-state index contributed by atoms with van der Waals surface area (Å²) in [5.74, 6) is -0.176. The molecule has 0 aromatic heterocycles. The molecule has 2 rings (SSSR count). The topological polar surface area (TPSA) is 32.3 Å². The number of aromatic hydroxyl groups is 1. The number of nitrogens with one attached hydrogen (secondary N) is 1. The molecule has 0 bridgehead atoms. The van der Waals surface area contributed by atoms with Crippen LogP contribution in [-0.4, -0.2) is 5.11 Å². The summed E-state index contributed by atoms with van der Waals surface area (Å²) in [5, 5.41) is 12.8. The molecule has 0 atom stereocenters. The minimum Gasteiger partial charge on any atom is -0.507 e. The Bertz CT molecular complexity index is 577. The zero-order valence-corrected chi connectivity index (χ0v) is 11.6. The van der Waals surface area contributed by atoms with Gasteiger partial charge in [0.25, 0.3) is 0 Å². The Hall–Kier alpha value is -1.26. The Kier molecular flexibility index (Phi) is 4.09. The number of rotatable bonds is 3. The van der Waals surface area contributed by atoms with Crippen molar-refractivity contribution in [2.75, 3.05) is 5.32 Å². The average Bonchev–Trinajstić information content (AvgIpc) is 2.34. The molecule has 0 unspecified atom stereocenters. The predicted octanol–water partition coefficient (Wildman–Crippen LogP) is 4.56. The second-order valence-electron chi connectivity index (χ2n) is 3.76. The second-order valence-corrected chi connectivity index (χ2v) is 5.05. The molecule has 0 aliphatic heterocycles. The number of halogens is 3. The van der Waals surface area contributed by atoms with Gasteiger partial charge in [-0.1, -0.05) is 17.7 Å². The number of hydrogen-bond acceptors (Lipinski definition) is 2. The summed E-state index contributed by atoms with van der Waals surface area (Å²) in [4.78, 5) is 0. The van der Waals surface area contributed by atoms with Gasteiger partial charge in [-0.25, -0.2) is 4.39 Å². The molecule has 2 N–H and O–H groups in total. The first-order chi connectivity index (χ1) is 8.56. The number of anilines is 1. The van der Waals surface area contributed by atoms with Crippen molar-refractivity contribution in [1.29, 1.82) is 0 Å². The van der Waals surface area contributed by atoms with E-state index in [0.29, 0.717) is 21.7 Å². The quantitative estimate of drug-likeness (QED) is 0.864. The van der Waals surface area contributed by atoms with Crippen LogP contribution in [0.15, 0.2) is 40.9 Å². The van der Waals surface area contributed by atoms with Crippen molar-refractivity contribution >= 4 is 33.2 Å². The minimum absolute atomic E-state index is 0.174. The van der Waals surface area contributed by atoms with Gasteiger partial charge in [-0.2, -0.15) is 0 Å². The summed E-state index contributed by atoms with van der Waals surface area (Å²) in [5.41, 5.74) is 1.27. The lowest BCUT2D eigenvalue weighted by molar-refractivity contribution is 0.471. The lowest BCUT2D eigenvalue weighted by Crippen LogP contribution is -2.01. The summed E-state index contributed by atoms with van der Waals surface area (Å²) < 4.78 is 14.1. The third kappa shape index (κ3) is 3.15. The van der Waals surface area contributed by atoms with E-state index in [1.165, 1.54) is 18.2 Å². The number of phenolic OH excluding ortho intramolecular Hbond substituents is 1. The minimum atomic E-state index is -0.350. The monoisotopic (exact) mass is 329 g/mol. The van der Waals surface area contributed by atoms with Crippen molar-refractivity contribution in [2.24, 2.45) is 0 Å². The average molecular weight is 331 g/mol. The van der Waals surface area contributed by atoms with Gasteiger partial charge in [-0.3, -0.25) is 0 Å². The van der Waals surface area contributed by atoms with Gasteiger partial charge in [0, 0.05) is 11.6 Å². The van der Waals surface area contributed by atoms with Gasteiger partial charge in [-0.15, -0.1) is 0 Å². The summed E-state index contributed by atoms with van der Waals surface area (Å²) >= 11 is 9.02. The maximum absolute atomic E-state index is 13.4. The predicted molar refractivity (Wildman–Crippen MR) is 74.5 cm³/mol. The number of phenols is 1. The Morgan fingerprint density at radius 1 is 1.22 bits per heavy atom. The largest absolute Gasteiger partial charge is 0.507 e. The smallest absolute Gasteiger partial charge is 0.146 e. The molecule has 0 aliphatic carbocycles. The molecule has 0 heterocycles. The fourth-order valence-electron chi connectivity index (χ4n) is 1.49. The van der Waals surface area contributed by atoms with E-state index >= 15 is 0 Å². The fourth-order valence-corrected chi connectivity index (χ4v) is 2.09. The van der Waals surface area contributed by atoms with Crippen molar-refractivity contribution < 1.29 is 9.50 Å². The van der Waals surface area contributed by atoms with E-state index < -0.39 is 0 Å². The summed E-state index contributed by atoms with van der Waals surface area (Å²) in [6.07, 6.45) is 0. The van der Waals surface area contributed by atoms with Crippen LogP contribution in [0.4, 0.5) is 10.1 Å². The van der Waals surface area contributed by atoms with Crippen molar-refractivity contribution in [2.45, 2.75) is 6.54 Å². The molecule has 0 saturated heterocycles. The normalized spacial score (nSPS) is 10.4. The number of hydrogen-bond donors (Lipinski definition) is 2. The molecule has 0 radical (unpaired) electrons. The van der Waals surface area contributed by atoms with E-state index in [4.69, 9.17) is 11.6 Å². The summed E-state index contributed by atoms with van der Waals surface area (Å²) in [6, 6.07) is 9.46. The second kappa shape index (κ2) is 5.59. The molecule has 2 aromatic carbocycles. The molecule has 0 aliphatic rings. The Labute approximate surface area is 118 Å². The lowest BCUT2D eigenvalue weighted by atomic mass is 10.2. The highest BCUT2D eigenvalue weighted by molar-refractivity contribution is 9.10. The zero-order valence-electron chi connectivity index (χ0n) is 9.25. The first-order valence-corrected chi connectivity index (χ1v) is 6.39. The van der Waals surface area contributed by atoms with Crippen LogP contribution in [-0.2, 0) is 6.54 Å². The van der Waals surface area contributed by atoms with Crippen molar-refractivity contribution in [1.82, 2.24) is 0 Å². The summed E-state index contributed by atoms with van der Waals surface area (Å²) in [6.45, 7) is 0.441. The van der Waals surface area contributed by atoms with Gasteiger partial charge in [-0.05, 0) is 51.8 Å². The molecular weight excluding hydrogens is 321 g/mol. The molecule has 0 spiro atoms. The van der Waals surface area contributed by atoms with Crippen LogP contribution in [0, 0.1) is 5.82 Å². The van der Waals surface area contributed by atoms with Crippen molar-refractivity contribution in [3.8, 4) is 5.75 Å². The maximum Gasteiger partial charge on any atom is 0.146 e. The lowest BCUT2D eigenvalue weighted by Gasteiger charge is -2.09. The molecule has 5 heteroatoms. The van der Waals surface area contributed by atoms with Crippen LogP contribution in [0.25, 0.3) is 0 Å². The molecule has 18 heavy (non-hydrogen) atoms. The van der Waals surface area contributed by atoms with Crippen LogP contribution in [0.1, 0.15) is 5.56 Å². The van der Waals surface area contributed by atoms with Gasteiger partial charge in [0.2, 0.25) is 0 Å². The molecule has 2 aromatic rings. The number of benzene rings is 2. The highest BCUT2D eigenvalue weighted by Crippen LogP contribution is 2.25. The van der Waals surface area contributed by atoms with E-state index in [1.807, 2.05) is 0 Å². The SMILES string of the molecule is Oc1ccc(CNc2cc(Cl)ccc2F)cc1Br. The van der Waals surface area contributed by atoms with Crippen LogP contribution in [0.2, 0.25) is 5.02 Å². The van der Waals surface area contributed by atoms with Gasteiger partial charge in [0.1, 0.15) is 11.6 Å². The third-order valence-electron chi connectivity index (χ3n) is 2.42. The highest BCUT2D eigenvalue weighted by atomic mass is 79.9. The first-order valence-electron chi connectivity index (χ1n) is 5.22. The standard InChI is InChI=1S/C13H10BrClFNO/c14-10-5-8(1-4-13(10)18)7-17-12-6-9(15)2-3-11(12)16/h1-6,17-18H,7H2. The van der Waals surface area contributed by atoms with E-state index in [1.54, 1.807) is 18.2 Å². The van der Waals surface area contributed by atoms with E-state index in [0.717, 1.165) is 5.56 Å². The zero-order chi connectivity index (χ0) is 13.1. The fraction of sp³-hybridized carbons (Fsp3) is 0.0769. The van der Waals surface area contributed by atoms with Crippen LogP contribution in [0.5, 0.6) is 5.75 Å². The maximum atomic E-state index is 13.4. The molecule has 0 amide bonds.